The minimum absolute atomic E-state index is 0.0809. The van der Waals surface area contributed by atoms with Crippen molar-refractivity contribution < 1.29 is 9.59 Å². The lowest BCUT2D eigenvalue weighted by Crippen LogP contribution is -2.60. The second-order valence-corrected chi connectivity index (χ2v) is 4.58. The highest BCUT2D eigenvalue weighted by Crippen LogP contribution is 2.40. The van der Waals surface area contributed by atoms with Crippen molar-refractivity contribution in [2.75, 3.05) is 6.54 Å². The molecule has 1 aliphatic carbocycles. The quantitative estimate of drug-likeness (QED) is 0.689. The Morgan fingerprint density at radius 2 is 2.14 bits per heavy atom. The number of carbonyl (C=O) groups is 2. The largest absolute Gasteiger partial charge is 0.339 e. The summed E-state index contributed by atoms with van der Waals surface area (Å²) in [5, 5.41) is 0. The minimum Gasteiger partial charge on any atom is -0.339 e. The molecule has 1 saturated carbocycles. The summed E-state index contributed by atoms with van der Waals surface area (Å²) in [6.45, 7) is 8.23. The van der Waals surface area contributed by atoms with Crippen molar-refractivity contribution in [1.29, 1.82) is 0 Å². The monoisotopic (exact) mass is 197 g/mol. The Morgan fingerprint density at radius 1 is 1.57 bits per heavy atom. The molecule has 1 atom stereocenters. The molecule has 0 aromatic heterocycles. The fraction of sp³-hybridized carbons (Fsp3) is 0.818. The van der Waals surface area contributed by atoms with Crippen LogP contribution in [-0.2, 0) is 9.59 Å². The van der Waals surface area contributed by atoms with Crippen LogP contribution >= 0.6 is 0 Å². The van der Waals surface area contributed by atoms with Crippen LogP contribution in [0, 0.1) is 5.41 Å². The smallest absolute Gasteiger partial charge is 0.219 e. The predicted molar refractivity (Wildman–Crippen MR) is 54.9 cm³/mol. The van der Waals surface area contributed by atoms with Gasteiger partial charge in [0.05, 0.1) is 6.04 Å². The van der Waals surface area contributed by atoms with E-state index in [1.54, 1.807) is 6.92 Å². The van der Waals surface area contributed by atoms with E-state index >= 15 is 0 Å². The third-order valence-electron chi connectivity index (χ3n) is 3.18. The molecule has 0 N–H and O–H groups in total. The van der Waals surface area contributed by atoms with E-state index in [4.69, 9.17) is 0 Å². The van der Waals surface area contributed by atoms with Gasteiger partial charge < -0.3 is 4.90 Å². The highest BCUT2D eigenvalue weighted by molar-refractivity contribution is 5.93. The van der Waals surface area contributed by atoms with Crippen molar-refractivity contribution >= 4 is 11.7 Å². The van der Waals surface area contributed by atoms with Crippen LogP contribution in [0.4, 0.5) is 0 Å². The fourth-order valence-electron chi connectivity index (χ4n) is 2.02. The number of nitrogens with zero attached hydrogens (tertiary/aromatic N) is 1. The summed E-state index contributed by atoms with van der Waals surface area (Å²) in [5.41, 5.74) is -0.332. The molecule has 1 amide bonds. The molecular weight excluding hydrogens is 178 g/mol. The zero-order valence-corrected chi connectivity index (χ0v) is 9.46. The highest BCUT2D eigenvalue weighted by atomic mass is 16.2. The Bertz CT molecular complexity index is 258. The second-order valence-electron chi connectivity index (χ2n) is 4.58. The molecule has 0 aliphatic heterocycles. The predicted octanol–water partition coefficient (Wildman–Crippen LogP) is 1.61. The van der Waals surface area contributed by atoms with Crippen LogP contribution in [0.1, 0.15) is 40.5 Å². The zero-order chi connectivity index (χ0) is 10.9. The third kappa shape index (κ3) is 1.68. The average molecular weight is 197 g/mol. The topological polar surface area (TPSA) is 37.4 Å². The molecule has 3 nitrogen and oxygen atoms in total. The van der Waals surface area contributed by atoms with Gasteiger partial charge in [-0.2, -0.15) is 0 Å². The van der Waals surface area contributed by atoms with E-state index < -0.39 is 0 Å². The molecule has 1 unspecified atom stereocenters. The van der Waals surface area contributed by atoms with Crippen LogP contribution in [-0.4, -0.2) is 29.2 Å². The van der Waals surface area contributed by atoms with Gasteiger partial charge in [-0.25, -0.2) is 0 Å². The minimum atomic E-state index is -0.332. The Hall–Kier alpha value is -0.860. The van der Waals surface area contributed by atoms with Gasteiger partial charge in [0, 0.05) is 25.3 Å². The number of rotatable bonds is 3. The van der Waals surface area contributed by atoms with Crippen molar-refractivity contribution in [2.45, 2.75) is 46.6 Å². The van der Waals surface area contributed by atoms with E-state index in [0.29, 0.717) is 6.42 Å². The Kier molecular flexibility index (Phi) is 2.98. The van der Waals surface area contributed by atoms with Crippen molar-refractivity contribution in [3.05, 3.63) is 0 Å². The van der Waals surface area contributed by atoms with Gasteiger partial charge >= 0.3 is 0 Å². The maximum absolute atomic E-state index is 11.4. The molecule has 1 aliphatic rings. The fourth-order valence-corrected chi connectivity index (χ4v) is 2.02. The first kappa shape index (κ1) is 11.2. The summed E-state index contributed by atoms with van der Waals surface area (Å²) >= 11 is 0. The zero-order valence-electron chi connectivity index (χ0n) is 9.46. The number of Topliss-reactive ketones (excluding diaryl/α,β-unsaturated/α-hetero) is 1. The first-order chi connectivity index (χ1) is 6.41. The maximum Gasteiger partial charge on any atom is 0.219 e. The van der Waals surface area contributed by atoms with Crippen molar-refractivity contribution in [3.63, 3.8) is 0 Å². The number of amides is 1. The number of hydrogen-bond donors (Lipinski definition) is 0. The molecule has 0 heterocycles. The lowest BCUT2D eigenvalue weighted by molar-refractivity contribution is -0.152. The van der Waals surface area contributed by atoms with E-state index in [-0.39, 0.29) is 23.1 Å². The Morgan fingerprint density at radius 3 is 2.43 bits per heavy atom. The van der Waals surface area contributed by atoms with Crippen molar-refractivity contribution in [2.24, 2.45) is 5.41 Å². The van der Waals surface area contributed by atoms with E-state index in [1.165, 1.54) is 0 Å². The first-order valence-electron chi connectivity index (χ1n) is 5.21. The molecule has 3 heteroatoms. The number of ketones is 1. The van der Waals surface area contributed by atoms with E-state index in [9.17, 15) is 9.59 Å². The van der Waals surface area contributed by atoms with Gasteiger partial charge in [0.2, 0.25) is 5.91 Å². The SMILES string of the molecule is CCCN(C(C)=O)C1CC(=O)C1(C)C. The van der Waals surface area contributed by atoms with E-state index in [0.717, 1.165) is 13.0 Å². The molecule has 1 rings (SSSR count). The van der Waals surface area contributed by atoms with Gasteiger partial charge in [0.25, 0.3) is 0 Å². The van der Waals surface area contributed by atoms with Gasteiger partial charge in [0.1, 0.15) is 5.78 Å². The van der Waals surface area contributed by atoms with Crippen LogP contribution in [0.2, 0.25) is 0 Å². The van der Waals surface area contributed by atoms with Crippen LogP contribution in [0.15, 0.2) is 0 Å². The van der Waals surface area contributed by atoms with Crippen molar-refractivity contribution in [1.82, 2.24) is 4.90 Å². The van der Waals surface area contributed by atoms with Crippen LogP contribution in [0.5, 0.6) is 0 Å². The molecule has 0 radical (unpaired) electrons. The summed E-state index contributed by atoms with van der Waals surface area (Å²) in [5.74, 6) is 0.349. The standard InChI is InChI=1S/C11H19NO2/c1-5-6-12(8(2)13)9-7-10(14)11(9,3)4/h9H,5-7H2,1-4H3. The third-order valence-corrected chi connectivity index (χ3v) is 3.18. The maximum atomic E-state index is 11.4. The van der Waals surface area contributed by atoms with Crippen LogP contribution in [0.3, 0.4) is 0 Å². The summed E-state index contributed by atoms with van der Waals surface area (Å²) in [6.07, 6.45) is 1.48. The van der Waals surface area contributed by atoms with Crippen molar-refractivity contribution in [3.8, 4) is 0 Å². The van der Waals surface area contributed by atoms with E-state index in [1.807, 2.05) is 25.7 Å². The molecule has 80 valence electrons. The molecule has 0 spiro atoms. The molecule has 0 aromatic rings. The van der Waals surface area contributed by atoms with Gasteiger partial charge in [-0.3, -0.25) is 9.59 Å². The van der Waals surface area contributed by atoms with E-state index in [2.05, 4.69) is 0 Å². The summed E-state index contributed by atoms with van der Waals surface area (Å²) in [7, 11) is 0. The lowest BCUT2D eigenvalue weighted by atomic mass is 9.65. The molecular formula is C11H19NO2. The van der Waals surface area contributed by atoms with Gasteiger partial charge in [0.15, 0.2) is 0 Å². The normalized spacial score (nSPS) is 24.3. The highest BCUT2D eigenvalue weighted by Gasteiger charge is 2.50. The Labute approximate surface area is 85.5 Å². The summed E-state index contributed by atoms with van der Waals surface area (Å²) in [4.78, 5) is 24.6. The molecule has 0 bridgehead atoms. The summed E-state index contributed by atoms with van der Waals surface area (Å²) < 4.78 is 0. The molecule has 0 aromatic carbocycles. The van der Waals surface area contributed by atoms with Crippen LogP contribution in [0.25, 0.3) is 0 Å². The summed E-state index contributed by atoms with van der Waals surface area (Å²) in [6, 6.07) is 0.118. The molecule has 14 heavy (non-hydrogen) atoms. The van der Waals surface area contributed by atoms with Crippen LogP contribution < -0.4 is 0 Å². The lowest BCUT2D eigenvalue weighted by Gasteiger charge is -2.48. The van der Waals surface area contributed by atoms with Gasteiger partial charge in [-0.15, -0.1) is 0 Å². The Balaban J connectivity index is 2.72. The number of carbonyl (C=O) groups excluding carboxylic acids is 2. The van der Waals surface area contributed by atoms with Gasteiger partial charge in [-0.1, -0.05) is 20.8 Å². The average Bonchev–Trinajstić information content (AvgIpc) is 2.10. The molecule has 0 saturated heterocycles. The molecule has 1 fully saturated rings. The number of hydrogen-bond acceptors (Lipinski definition) is 2. The van der Waals surface area contributed by atoms with Gasteiger partial charge in [-0.05, 0) is 6.42 Å². The second kappa shape index (κ2) is 3.71. The first-order valence-corrected chi connectivity index (χ1v) is 5.21.